The minimum absolute atomic E-state index is 0.152. The number of hydrogen-bond acceptors (Lipinski definition) is 4. The molecular weight excluding hydrogens is 282 g/mol. The summed E-state index contributed by atoms with van der Waals surface area (Å²) < 4.78 is 10.9. The number of carbonyl (C=O) groups excluding carboxylic acids is 1. The molecule has 1 saturated carbocycles. The third-order valence-electron chi connectivity index (χ3n) is 3.75. The van der Waals surface area contributed by atoms with E-state index in [9.17, 15) is 9.90 Å². The number of rotatable bonds is 7. The van der Waals surface area contributed by atoms with Gasteiger partial charge in [0, 0.05) is 18.5 Å². The summed E-state index contributed by atoms with van der Waals surface area (Å²) in [5.41, 5.74) is 1.80. The van der Waals surface area contributed by atoms with E-state index in [1.807, 2.05) is 25.1 Å². The highest BCUT2D eigenvalue weighted by molar-refractivity contribution is 5.96. The molecular formula is C17H21NO4. The Morgan fingerprint density at radius 2 is 2.27 bits per heavy atom. The number of hydrogen-bond donors (Lipinski definition) is 2. The van der Waals surface area contributed by atoms with Crippen LogP contribution in [0.5, 0.6) is 0 Å². The normalized spacial score (nSPS) is 15.9. The largest absolute Gasteiger partial charge is 0.451 e. The maximum absolute atomic E-state index is 12.0. The molecule has 1 aromatic carbocycles. The van der Waals surface area contributed by atoms with Gasteiger partial charge >= 0.3 is 0 Å². The summed E-state index contributed by atoms with van der Waals surface area (Å²) in [5.74, 6) is 0.600. The van der Waals surface area contributed by atoms with Crippen molar-refractivity contribution in [2.75, 3.05) is 19.8 Å². The zero-order valence-corrected chi connectivity index (χ0v) is 12.7. The fourth-order valence-corrected chi connectivity index (χ4v) is 2.29. The molecule has 1 amide bonds. The molecule has 0 aliphatic heterocycles. The van der Waals surface area contributed by atoms with Crippen molar-refractivity contribution in [2.24, 2.45) is 5.92 Å². The second kappa shape index (κ2) is 6.50. The number of amides is 1. The fourth-order valence-electron chi connectivity index (χ4n) is 2.29. The summed E-state index contributed by atoms with van der Waals surface area (Å²) in [6, 6.07) is 7.47. The van der Waals surface area contributed by atoms with Crippen molar-refractivity contribution in [3.8, 4) is 0 Å². The van der Waals surface area contributed by atoms with Gasteiger partial charge in [0.2, 0.25) is 0 Å². The zero-order valence-electron chi connectivity index (χ0n) is 12.7. The van der Waals surface area contributed by atoms with E-state index in [0.29, 0.717) is 18.1 Å². The molecule has 22 heavy (non-hydrogen) atoms. The molecule has 1 aliphatic carbocycles. The van der Waals surface area contributed by atoms with Gasteiger partial charge in [-0.25, -0.2) is 0 Å². The molecule has 1 fully saturated rings. The van der Waals surface area contributed by atoms with Crippen LogP contribution in [0.25, 0.3) is 11.0 Å². The first-order chi connectivity index (χ1) is 10.6. The lowest BCUT2D eigenvalue weighted by Gasteiger charge is -2.11. The molecule has 0 bridgehead atoms. The van der Waals surface area contributed by atoms with Gasteiger partial charge in [-0.1, -0.05) is 11.6 Å². The lowest BCUT2D eigenvalue weighted by Crippen LogP contribution is -2.34. The molecule has 1 atom stereocenters. The number of aliphatic hydroxyl groups is 1. The highest BCUT2D eigenvalue weighted by Gasteiger charge is 2.21. The predicted molar refractivity (Wildman–Crippen MR) is 82.8 cm³/mol. The van der Waals surface area contributed by atoms with Crippen molar-refractivity contribution in [2.45, 2.75) is 25.9 Å². The van der Waals surface area contributed by atoms with Crippen LogP contribution in [0.3, 0.4) is 0 Å². The highest BCUT2D eigenvalue weighted by Crippen LogP contribution is 2.28. The molecule has 1 unspecified atom stereocenters. The van der Waals surface area contributed by atoms with Crippen LogP contribution in [0.2, 0.25) is 0 Å². The highest BCUT2D eigenvalue weighted by atomic mass is 16.5. The molecule has 2 N–H and O–H groups in total. The Morgan fingerprint density at radius 3 is 3.05 bits per heavy atom. The molecule has 0 saturated heterocycles. The van der Waals surface area contributed by atoms with E-state index < -0.39 is 6.10 Å². The predicted octanol–water partition coefficient (Wildman–Crippen LogP) is 2.26. The number of carbonyl (C=O) groups is 1. The summed E-state index contributed by atoms with van der Waals surface area (Å²) in [4.78, 5) is 12.0. The Kier molecular flexibility index (Phi) is 4.45. The van der Waals surface area contributed by atoms with Gasteiger partial charge in [0.05, 0.1) is 12.7 Å². The van der Waals surface area contributed by atoms with Crippen LogP contribution in [0.4, 0.5) is 0 Å². The van der Waals surface area contributed by atoms with Gasteiger partial charge in [0.15, 0.2) is 5.76 Å². The lowest BCUT2D eigenvalue weighted by atomic mass is 10.2. The standard InChI is InChI=1S/C17H21NO4/c1-11-2-5-15-13(6-11)7-16(22-15)17(20)18-8-14(19)10-21-9-12-3-4-12/h2,5-7,12,14,19H,3-4,8-10H2,1H3,(H,18,20). The van der Waals surface area contributed by atoms with Crippen LogP contribution >= 0.6 is 0 Å². The van der Waals surface area contributed by atoms with Crippen LogP contribution in [0, 0.1) is 12.8 Å². The first-order valence-corrected chi connectivity index (χ1v) is 7.66. The van der Waals surface area contributed by atoms with Crippen LogP contribution in [0.1, 0.15) is 29.0 Å². The van der Waals surface area contributed by atoms with Crippen LogP contribution in [-0.4, -0.2) is 36.9 Å². The van der Waals surface area contributed by atoms with Gasteiger partial charge in [0.25, 0.3) is 5.91 Å². The van der Waals surface area contributed by atoms with E-state index in [1.54, 1.807) is 6.07 Å². The molecule has 0 spiro atoms. The second-order valence-electron chi connectivity index (χ2n) is 6.00. The van der Waals surface area contributed by atoms with E-state index in [4.69, 9.17) is 9.15 Å². The zero-order chi connectivity index (χ0) is 15.5. The Bertz CT molecular complexity index is 660. The molecule has 5 nitrogen and oxygen atoms in total. The fraction of sp³-hybridized carbons (Fsp3) is 0.471. The maximum Gasteiger partial charge on any atom is 0.287 e. The van der Waals surface area contributed by atoms with Crippen molar-refractivity contribution in [1.29, 1.82) is 0 Å². The number of aryl methyl sites for hydroxylation is 1. The smallest absolute Gasteiger partial charge is 0.287 e. The summed E-state index contributed by atoms with van der Waals surface area (Å²) in [6.45, 7) is 3.09. The van der Waals surface area contributed by atoms with E-state index in [-0.39, 0.29) is 24.8 Å². The van der Waals surface area contributed by atoms with E-state index in [1.165, 1.54) is 12.8 Å². The molecule has 118 valence electrons. The van der Waals surface area contributed by atoms with E-state index in [0.717, 1.165) is 10.9 Å². The topological polar surface area (TPSA) is 71.7 Å². The van der Waals surface area contributed by atoms with Gasteiger partial charge < -0.3 is 19.6 Å². The second-order valence-corrected chi connectivity index (χ2v) is 6.00. The number of aliphatic hydroxyl groups excluding tert-OH is 1. The average molecular weight is 303 g/mol. The Labute approximate surface area is 129 Å². The molecule has 5 heteroatoms. The van der Waals surface area contributed by atoms with Crippen molar-refractivity contribution < 1.29 is 19.1 Å². The summed E-state index contributed by atoms with van der Waals surface area (Å²) in [7, 11) is 0. The van der Waals surface area contributed by atoms with Gasteiger partial charge in [-0.15, -0.1) is 0 Å². The molecule has 3 rings (SSSR count). The van der Waals surface area contributed by atoms with Crippen LogP contribution < -0.4 is 5.32 Å². The monoisotopic (exact) mass is 303 g/mol. The van der Waals surface area contributed by atoms with Crippen molar-refractivity contribution in [3.05, 3.63) is 35.6 Å². The van der Waals surface area contributed by atoms with Crippen molar-refractivity contribution in [3.63, 3.8) is 0 Å². The number of benzene rings is 1. The first kappa shape index (κ1) is 15.1. The Hall–Kier alpha value is -1.85. The Balaban J connectivity index is 1.49. The van der Waals surface area contributed by atoms with E-state index in [2.05, 4.69) is 5.32 Å². The van der Waals surface area contributed by atoms with Gasteiger partial charge in [-0.2, -0.15) is 0 Å². The SMILES string of the molecule is Cc1ccc2oc(C(=O)NCC(O)COCC3CC3)cc2c1. The van der Waals surface area contributed by atoms with Crippen LogP contribution in [-0.2, 0) is 4.74 Å². The number of fused-ring (bicyclic) bond motifs is 1. The summed E-state index contributed by atoms with van der Waals surface area (Å²) in [5, 5.41) is 13.4. The third-order valence-corrected chi connectivity index (χ3v) is 3.75. The maximum atomic E-state index is 12.0. The minimum atomic E-state index is -0.700. The van der Waals surface area contributed by atoms with E-state index >= 15 is 0 Å². The third kappa shape index (κ3) is 3.87. The summed E-state index contributed by atoms with van der Waals surface area (Å²) >= 11 is 0. The lowest BCUT2D eigenvalue weighted by molar-refractivity contribution is 0.0319. The minimum Gasteiger partial charge on any atom is -0.451 e. The average Bonchev–Trinajstić information content (AvgIpc) is 3.21. The molecule has 1 aromatic heterocycles. The quantitative estimate of drug-likeness (QED) is 0.823. The summed E-state index contributed by atoms with van der Waals surface area (Å²) in [6.07, 6.45) is 1.74. The first-order valence-electron chi connectivity index (χ1n) is 7.66. The number of ether oxygens (including phenoxy) is 1. The van der Waals surface area contributed by atoms with Crippen molar-refractivity contribution >= 4 is 16.9 Å². The Morgan fingerprint density at radius 1 is 1.45 bits per heavy atom. The van der Waals surface area contributed by atoms with Crippen molar-refractivity contribution in [1.82, 2.24) is 5.32 Å². The number of furan rings is 1. The number of nitrogens with one attached hydrogen (secondary N) is 1. The van der Waals surface area contributed by atoms with Gasteiger partial charge in [-0.3, -0.25) is 4.79 Å². The molecule has 1 heterocycles. The van der Waals surface area contributed by atoms with Gasteiger partial charge in [0.1, 0.15) is 5.58 Å². The molecule has 0 radical (unpaired) electrons. The van der Waals surface area contributed by atoms with Crippen LogP contribution in [0.15, 0.2) is 28.7 Å². The molecule has 1 aliphatic rings. The molecule has 2 aromatic rings. The van der Waals surface area contributed by atoms with Gasteiger partial charge in [-0.05, 0) is 43.9 Å².